The zero-order valence-electron chi connectivity index (χ0n) is 21.3. The van der Waals surface area contributed by atoms with Crippen molar-refractivity contribution >= 4 is 45.6 Å². The predicted octanol–water partition coefficient (Wildman–Crippen LogP) is 4.17. The van der Waals surface area contributed by atoms with Crippen LogP contribution >= 0.6 is 23.2 Å². The van der Waals surface area contributed by atoms with E-state index in [0.29, 0.717) is 58.1 Å². The topological polar surface area (TPSA) is 130 Å². The first-order valence-corrected chi connectivity index (χ1v) is 11.9. The molecule has 0 aliphatic rings. The summed E-state index contributed by atoms with van der Waals surface area (Å²) in [5, 5.41) is 4.47. The van der Waals surface area contributed by atoms with E-state index in [1.54, 1.807) is 31.5 Å². The molecule has 3 aromatic rings. The van der Waals surface area contributed by atoms with E-state index in [0.717, 1.165) is 6.08 Å². The Morgan fingerprint density at radius 2 is 1.79 bits per heavy atom. The van der Waals surface area contributed by atoms with E-state index in [-0.39, 0.29) is 21.6 Å². The Labute approximate surface area is 230 Å². The molecule has 10 nitrogen and oxygen atoms in total. The summed E-state index contributed by atoms with van der Waals surface area (Å²) < 4.78 is 21.5. The summed E-state index contributed by atoms with van der Waals surface area (Å²) in [7, 11) is 6.04. The summed E-state index contributed by atoms with van der Waals surface area (Å²) in [5.41, 5.74) is 7.66. The minimum Gasteiger partial charge on any atom is -0.495 e. The van der Waals surface area contributed by atoms with Gasteiger partial charge in [-0.2, -0.15) is 0 Å². The number of methoxy groups -OCH3 is 4. The lowest BCUT2D eigenvalue weighted by Gasteiger charge is -2.16. The van der Waals surface area contributed by atoms with Crippen molar-refractivity contribution in [2.24, 2.45) is 10.7 Å². The Morgan fingerprint density at radius 1 is 1.11 bits per heavy atom. The lowest BCUT2D eigenvalue weighted by Crippen LogP contribution is -2.28. The number of rotatable bonds is 11. The molecule has 0 spiro atoms. The van der Waals surface area contributed by atoms with Gasteiger partial charge in [0.05, 0.1) is 61.6 Å². The van der Waals surface area contributed by atoms with E-state index in [1.807, 2.05) is 0 Å². The highest BCUT2D eigenvalue weighted by Crippen LogP contribution is 2.46. The number of amides is 1. The van der Waals surface area contributed by atoms with Crippen LogP contribution in [-0.4, -0.2) is 63.2 Å². The van der Waals surface area contributed by atoms with Gasteiger partial charge in [-0.25, -0.2) is 4.98 Å². The van der Waals surface area contributed by atoms with Crippen molar-refractivity contribution < 1.29 is 23.7 Å². The van der Waals surface area contributed by atoms with Gasteiger partial charge in [-0.05, 0) is 18.2 Å². The second-order valence-corrected chi connectivity index (χ2v) is 8.34. The summed E-state index contributed by atoms with van der Waals surface area (Å²) in [6.07, 6.45) is 3.98. The van der Waals surface area contributed by atoms with Gasteiger partial charge >= 0.3 is 0 Å². The molecule has 1 aromatic carbocycles. The molecule has 3 rings (SSSR count). The number of halogens is 2. The smallest absolute Gasteiger partial charge is 0.247 e. The van der Waals surface area contributed by atoms with E-state index < -0.39 is 5.91 Å². The monoisotopic (exact) mass is 559 g/mol. The second-order valence-electron chi connectivity index (χ2n) is 7.59. The van der Waals surface area contributed by atoms with Crippen LogP contribution in [0.3, 0.4) is 0 Å². The molecule has 3 N–H and O–H groups in total. The standard InChI is InChI=1S/C26H27Cl2N5O5/c1-6-21(34)32-18(12-29)25(30-7-8-35-2)17-10-15-14(13-31-17)9-16(33-26(15)38-5)22-23(27)19(36-3)11-20(37-4)24(22)28/h6,9-13H,1,7-8,29H2,2-5H3,(H,32,34). The van der Waals surface area contributed by atoms with Gasteiger partial charge in [-0.1, -0.05) is 29.8 Å². The van der Waals surface area contributed by atoms with E-state index >= 15 is 0 Å². The van der Waals surface area contributed by atoms with Gasteiger partial charge in [0.25, 0.3) is 0 Å². The number of pyridine rings is 2. The number of hydrogen-bond donors (Lipinski definition) is 2. The summed E-state index contributed by atoms with van der Waals surface area (Å²) in [5.74, 6) is 0.571. The number of allylic oxidation sites excluding steroid dienone is 1. The molecule has 0 saturated carbocycles. The van der Waals surface area contributed by atoms with Crippen molar-refractivity contribution in [3.8, 4) is 28.6 Å². The summed E-state index contributed by atoms with van der Waals surface area (Å²) in [6, 6.07) is 5.09. The van der Waals surface area contributed by atoms with E-state index in [1.165, 1.54) is 27.5 Å². The maximum Gasteiger partial charge on any atom is 0.247 e. The molecule has 200 valence electrons. The number of hydrogen-bond acceptors (Lipinski definition) is 9. The number of nitrogens with two attached hydrogens (primary N) is 1. The Morgan fingerprint density at radius 3 is 2.34 bits per heavy atom. The molecule has 0 saturated heterocycles. The molecule has 0 aliphatic carbocycles. The third kappa shape index (κ3) is 5.99. The number of carbonyl (C=O) groups is 1. The average molecular weight is 560 g/mol. The number of nitrogens with one attached hydrogen (secondary N) is 1. The Hall–Kier alpha value is -3.86. The molecule has 38 heavy (non-hydrogen) atoms. The average Bonchev–Trinajstić information content (AvgIpc) is 2.93. The number of nitrogens with zero attached hydrogens (tertiary/aromatic N) is 3. The molecule has 0 radical (unpaired) electrons. The quantitative estimate of drug-likeness (QED) is 0.203. The van der Waals surface area contributed by atoms with Crippen molar-refractivity contribution in [3.63, 3.8) is 0 Å². The number of aliphatic imine (C=N–C) groups is 1. The van der Waals surface area contributed by atoms with Crippen LogP contribution in [0.1, 0.15) is 5.69 Å². The molecule has 0 unspecified atom stereocenters. The van der Waals surface area contributed by atoms with Gasteiger partial charge in [0.2, 0.25) is 11.8 Å². The summed E-state index contributed by atoms with van der Waals surface area (Å²) in [4.78, 5) is 25.7. The summed E-state index contributed by atoms with van der Waals surface area (Å²) in [6.45, 7) is 4.12. The van der Waals surface area contributed by atoms with Crippen LogP contribution in [-0.2, 0) is 9.53 Å². The van der Waals surface area contributed by atoms with Crippen LogP contribution in [0.15, 0.2) is 53.9 Å². The zero-order chi connectivity index (χ0) is 27.8. The van der Waals surface area contributed by atoms with Crippen molar-refractivity contribution in [2.75, 3.05) is 41.6 Å². The minimum atomic E-state index is -0.451. The predicted molar refractivity (Wildman–Crippen MR) is 149 cm³/mol. The lowest BCUT2D eigenvalue weighted by atomic mass is 10.1. The maximum atomic E-state index is 12.0. The number of fused-ring (bicyclic) bond motifs is 1. The third-order valence-electron chi connectivity index (χ3n) is 5.38. The molecule has 2 heterocycles. The first kappa shape index (κ1) is 28.7. The highest BCUT2D eigenvalue weighted by Gasteiger charge is 2.22. The van der Waals surface area contributed by atoms with Gasteiger partial charge in [0.15, 0.2) is 0 Å². The van der Waals surface area contributed by atoms with Crippen LogP contribution in [0.2, 0.25) is 10.0 Å². The van der Waals surface area contributed by atoms with Gasteiger partial charge in [-0.3, -0.25) is 14.8 Å². The normalized spacial score (nSPS) is 11.8. The minimum absolute atomic E-state index is 0.253. The van der Waals surface area contributed by atoms with Crippen molar-refractivity contribution in [2.45, 2.75) is 0 Å². The second kappa shape index (κ2) is 13.1. The van der Waals surface area contributed by atoms with Gasteiger partial charge < -0.3 is 30.0 Å². The Balaban J connectivity index is 2.22. The molecular formula is C26H27Cl2N5O5. The van der Waals surface area contributed by atoms with Crippen molar-refractivity contribution in [3.05, 3.63) is 64.7 Å². The van der Waals surface area contributed by atoms with Crippen molar-refractivity contribution in [1.29, 1.82) is 0 Å². The number of carbonyl (C=O) groups excluding carboxylic acids is 1. The number of ether oxygens (including phenoxy) is 4. The molecule has 12 heteroatoms. The van der Waals surface area contributed by atoms with Gasteiger partial charge in [0, 0.05) is 41.9 Å². The third-order valence-corrected chi connectivity index (χ3v) is 6.13. The molecule has 1 amide bonds. The first-order valence-electron chi connectivity index (χ1n) is 11.2. The highest BCUT2D eigenvalue weighted by atomic mass is 35.5. The molecular weight excluding hydrogens is 533 g/mol. The van der Waals surface area contributed by atoms with E-state index in [4.69, 9.17) is 47.9 Å². The highest BCUT2D eigenvalue weighted by molar-refractivity contribution is 6.41. The van der Waals surface area contributed by atoms with Crippen LogP contribution < -0.4 is 25.3 Å². The molecule has 0 bridgehead atoms. The van der Waals surface area contributed by atoms with E-state index in [9.17, 15) is 4.79 Å². The molecule has 0 atom stereocenters. The molecule has 2 aromatic heterocycles. The molecule has 0 fully saturated rings. The van der Waals surface area contributed by atoms with Crippen LogP contribution in [0.5, 0.6) is 17.4 Å². The van der Waals surface area contributed by atoms with Crippen LogP contribution in [0, 0.1) is 0 Å². The van der Waals surface area contributed by atoms with E-state index in [2.05, 4.69) is 26.9 Å². The number of aromatic nitrogens is 2. The zero-order valence-corrected chi connectivity index (χ0v) is 22.8. The van der Waals surface area contributed by atoms with Crippen molar-refractivity contribution in [1.82, 2.24) is 15.3 Å². The van der Waals surface area contributed by atoms with Gasteiger partial charge in [0.1, 0.15) is 17.2 Å². The fourth-order valence-corrected chi connectivity index (χ4v) is 4.25. The fourth-order valence-electron chi connectivity index (χ4n) is 3.56. The maximum absolute atomic E-state index is 12.0. The molecule has 0 aliphatic heterocycles. The van der Waals surface area contributed by atoms with Crippen LogP contribution in [0.4, 0.5) is 0 Å². The first-order chi connectivity index (χ1) is 18.3. The Kier molecular flexibility index (Phi) is 9.89. The van der Waals surface area contributed by atoms with Crippen LogP contribution in [0.25, 0.3) is 22.0 Å². The fraction of sp³-hybridized carbons (Fsp3) is 0.231. The SMILES string of the molecule is C=CC(=O)NC(=CN)C(=NCCOC)c1cc2c(OC)nc(-c3c(Cl)c(OC)cc(OC)c3Cl)cc2cn1. The van der Waals surface area contributed by atoms with Gasteiger partial charge in [-0.15, -0.1) is 0 Å². The largest absolute Gasteiger partial charge is 0.495 e. The lowest BCUT2D eigenvalue weighted by molar-refractivity contribution is -0.115. The summed E-state index contributed by atoms with van der Waals surface area (Å²) >= 11 is 13.2. The Bertz CT molecular complexity index is 1400. The number of benzene rings is 1.